The average Bonchev–Trinajstić information content (AvgIpc) is 3.57. The molecule has 1 aliphatic rings. The van der Waals surface area contributed by atoms with E-state index in [-0.39, 0.29) is 10.8 Å². The van der Waals surface area contributed by atoms with Crippen LogP contribution in [0, 0.1) is 0 Å². The number of alkyl halides is 3. The monoisotopic (exact) mass is 604 g/mol. The Kier molecular flexibility index (Phi) is 11.3. The largest absolute Gasteiger partial charge is 0.497 e. The second-order valence-corrected chi connectivity index (χ2v) is 10.9. The summed E-state index contributed by atoms with van der Waals surface area (Å²) in [5, 5.41) is 22.5. The number of nitrogens with zero attached hydrogens (tertiary/aromatic N) is 3. The van der Waals surface area contributed by atoms with E-state index in [9.17, 15) is 26.4 Å². The van der Waals surface area contributed by atoms with E-state index in [1.54, 1.807) is 47.6 Å². The first-order valence-corrected chi connectivity index (χ1v) is 13.7. The van der Waals surface area contributed by atoms with Gasteiger partial charge in [-0.3, -0.25) is 4.79 Å². The van der Waals surface area contributed by atoms with Crippen LogP contribution in [0.3, 0.4) is 0 Å². The first kappa shape index (κ1) is 32.3. The predicted octanol–water partition coefficient (Wildman–Crippen LogP) is 3.33. The van der Waals surface area contributed by atoms with Gasteiger partial charge in [-0.1, -0.05) is 17.3 Å². The van der Waals surface area contributed by atoms with Gasteiger partial charge in [0.1, 0.15) is 18.1 Å². The van der Waals surface area contributed by atoms with E-state index in [4.69, 9.17) is 19.8 Å². The number of thiophene rings is 1. The summed E-state index contributed by atoms with van der Waals surface area (Å²) in [7, 11) is -0.744. The van der Waals surface area contributed by atoms with Gasteiger partial charge in [0.25, 0.3) is 0 Å². The maximum atomic E-state index is 13.2. The highest BCUT2D eigenvalue weighted by Gasteiger charge is 2.40. The topological polar surface area (TPSA) is 163 Å². The van der Waals surface area contributed by atoms with Crippen molar-refractivity contribution in [3.63, 3.8) is 0 Å². The number of likely N-dealkylation sites (N-methyl/N-ethyl adjacent to an activating group) is 1. The Hall–Kier alpha value is -3.89. The molecule has 1 aliphatic heterocycles. The van der Waals surface area contributed by atoms with E-state index in [2.05, 4.69) is 10.9 Å². The number of nitrogens with two attached hydrogens (primary N) is 1. The minimum Gasteiger partial charge on any atom is -0.497 e. The van der Waals surface area contributed by atoms with Crippen LogP contribution in [0.5, 0.6) is 5.75 Å². The number of likely N-dealkylation sites (tertiary alicyclic amines) is 1. The molecular weight excluding hydrogens is 577 g/mol. The fraction of sp³-hybridized carbons (Fsp3) is 0.292. The minimum atomic E-state index is -5.08. The summed E-state index contributed by atoms with van der Waals surface area (Å²) in [5.74, 6) is -2.24. The lowest BCUT2D eigenvalue weighted by molar-refractivity contribution is -0.192. The number of carboxylic acids is 1. The van der Waals surface area contributed by atoms with Crippen molar-refractivity contribution in [1.82, 2.24) is 9.21 Å². The highest BCUT2D eigenvalue weighted by atomic mass is 32.2. The third-order valence-electron chi connectivity index (χ3n) is 5.67. The summed E-state index contributed by atoms with van der Waals surface area (Å²) in [6, 6.07) is 11.8. The zero-order valence-electron chi connectivity index (χ0n) is 21.3. The van der Waals surface area contributed by atoms with E-state index < -0.39 is 28.2 Å². The van der Waals surface area contributed by atoms with Crippen LogP contribution in [0.15, 0.2) is 63.3 Å². The molecule has 1 fully saturated rings. The van der Waals surface area contributed by atoms with Crippen LogP contribution in [0.1, 0.15) is 12.0 Å². The van der Waals surface area contributed by atoms with Gasteiger partial charge in [0.2, 0.25) is 15.9 Å². The number of amides is 1. The van der Waals surface area contributed by atoms with Crippen molar-refractivity contribution in [3.8, 4) is 5.75 Å². The third kappa shape index (κ3) is 8.30. The van der Waals surface area contributed by atoms with E-state index in [0.717, 1.165) is 22.7 Å². The summed E-state index contributed by atoms with van der Waals surface area (Å²) < 4.78 is 64.6. The van der Waals surface area contributed by atoms with Crippen molar-refractivity contribution < 1.29 is 46.2 Å². The van der Waals surface area contributed by atoms with Crippen molar-refractivity contribution in [2.45, 2.75) is 30.1 Å². The van der Waals surface area contributed by atoms with Gasteiger partial charge in [0, 0.05) is 20.1 Å². The summed E-state index contributed by atoms with van der Waals surface area (Å²) in [4.78, 5) is 23.6. The van der Waals surface area contributed by atoms with Gasteiger partial charge in [0.15, 0.2) is 0 Å². The number of fused-ring (bicyclic) bond motifs is 1. The van der Waals surface area contributed by atoms with Crippen LogP contribution in [0.2, 0.25) is 0 Å². The van der Waals surface area contributed by atoms with Crippen LogP contribution in [-0.2, 0) is 26.2 Å². The summed E-state index contributed by atoms with van der Waals surface area (Å²) >= 11 is 1.58. The molecule has 1 amide bonds. The Labute approximate surface area is 231 Å². The number of carboxylic acid groups (broad SMARTS) is 1. The number of oxime groups is 1. The molecule has 0 saturated carbocycles. The smallest absolute Gasteiger partial charge is 0.490 e. The van der Waals surface area contributed by atoms with Crippen LogP contribution in [0.25, 0.3) is 10.8 Å². The number of ether oxygens (including phenoxy) is 1. The molecule has 0 bridgehead atoms. The van der Waals surface area contributed by atoms with Gasteiger partial charge in [-0.2, -0.15) is 28.8 Å². The summed E-state index contributed by atoms with van der Waals surface area (Å²) in [5.41, 5.74) is 5.55. The highest BCUT2D eigenvalue weighted by Crippen LogP contribution is 2.28. The molecule has 0 unspecified atom stereocenters. The first-order chi connectivity index (χ1) is 18.8. The summed E-state index contributed by atoms with van der Waals surface area (Å²) in [6.07, 6.45) is -3.79. The quantitative estimate of drug-likeness (QED) is 0.167. The van der Waals surface area contributed by atoms with Gasteiger partial charge in [0.05, 0.1) is 12.0 Å². The van der Waals surface area contributed by atoms with Crippen LogP contribution in [-0.4, -0.2) is 79.1 Å². The lowest BCUT2D eigenvalue weighted by Gasteiger charge is -2.23. The molecule has 4 N–H and O–H groups in total. The highest BCUT2D eigenvalue weighted by molar-refractivity contribution is 7.89. The van der Waals surface area contributed by atoms with Crippen LogP contribution < -0.4 is 10.5 Å². The maximum Gasteiger partial charge on any atom is 0.490 e. The van der Waals surface area contributed by atoms with E-state index in [0.29, 0.717) is 25.3 Å². The van der Waals surface area contributed by atoms with E-state index in [1.165, 1.54) is 11.4 Å². The minimum absolute atomic E-state index is 0.148. The standard InChI is InChI=1S/C21H22N2O4S2.C2HF3O2.CH4N2O/c1-22(20-7-9-23(21(20)24)13-15-8-10-28-14-15)29(25,26)19-6-4-16-3-5-18(27-2)11-17(16)12-19;3-2(4,5)1(6)7;2-1-3-4/h3-6,8,10-12,14,20H,7,9,13H2,1-2H3;(H,6,7);1,4H,(H2,2,3)/t20-;;/m0../s1. The molecule has 218 valence electrons. The zero-order chi connectivity index (χ0) is 30.1. The number of rotatable bonds is 6. The average molecular weight is 605 g/mol. The van der Waals surface area contributed by atoms with Gasteiger partial charge in [-0.05, 0) is 63.8 Å². The number of methoxy groups -OCH3 is 1. The van der Waals surface area contributed by atoms with Crippen LogP contribution in [0.4, 0.5) is 13.2 Å². The molecule has 0 aliphatic carbocycles. The van der Waals surface area contributed by atoms with Crippen molar-refractivity contribution in [2.75, 3.05) is 20.7 Å². The Morgan fingerprint density at radius 2 is 1.88 bits per heavy atom. The number of carbonyl (C=O) groups is 2. The molecule has 16 heteroatoms. The number of aliphatic carboxylic acids is 1. The normalized spacial score (nSPS) is 15.5. The molecular formula is C24H27F3N4O7S2. The maximum absolute atomic E-state index is 13.2. The lowest BCUT2D eigenvalue weighted by Crippen LogP contribution is -2.42. The third-order valence-corrected chi connectivity index (χ3v) is 8.26. The second kappa shape index (κ2) is 14.0. The number of sulfonamides is 1. The molecule has 0 spiro atoms. The number of hydrogen-bond acceptors (Lipinski definition) is 8. The van der Waals surface area contributed by atoms with Crippen LogP contribution >= 0.6 is 11.3 Å². The Balaban J connectivity index is 0.000000434. The SMILES string of the molecule is COc1ccc2ccc(S(=O)(=O)N(C)[C@H]3CCN(Cc4ccsc4)C3=O)cc2c1.NC=NO.O=C(O)C(F)(F)F. The number of benzene rings is 2. The van der Waals surface area contributed by atoms with Gasteiger partial charge in [-0.15, -0.1) is 0 Å². The molecule has 11 nitrogen and oxygen atoms in total. The number of carbonyl (C=O) groups excluding carboxylic acids is 1. The molecule has 3 aromatic rings. The van der Waals surface area contributed by atoms with Crippen molar-refractivity contribution in [3.05, 3.63) is 58.8 Å². The molecule has 2 heterocycles. The van der Waals surface area contributed by atoms with Crippen molar-refractivity contribution in [1.29, 1.82) is 0 Å². The number of hydrogen-bond donors (Lipinski definition) is 3. The van der Waals surface area contributed by atoms with E-state index in [1.807, 2.05) is 29.0 Å². The molecule has 1 atom stereocenters. The first-order valence-electron chi connectivity index (χ1n) is 11.3. The molecule has 2 aromatic carbocycles. The fourth-order valence-corrected chi connectivity index (χ4v) is 5.68. The Morgan fingerprint density at radius 1 is 1.25 bits per heavy atom. The molecule has 0 radical (unpaired) electrons. The van der Waals surface area contributed by atoms with Crippen molar-refractivity contribution >= 4 is 50.3 Å². The van der Waals surface area contributed by atoms with E-state index >= 15 is 0 Å². The molecule has 40 heavy (non-hydrogen) atoms. The summed E-state index contributed by atoms with van der Waals surface area (Å²) in [6.45, 7) is 1.07. The Morgan fingerprint density at radius 3 is 2.40 bits per heavy atom. The molecule has 4 rings (SSSR count). The second-order valence-electron chi connectivity index (χ2n) is 8.16. The van der Waals surface area contributed by atoms with Gasteiger partial charge >= 0.3 is 12.1 Å². The zero-order valence-corrected chi connectivity index (χ0v) is 22.9. The predicted molar refractivity (Wildman–Crippen MR) is 142 cm³/mol. The van der Waals surface area contributed by atoms with Crippen molar-refractivity contribution in [2.24, 2.45) is 10.9 Å². The fourth-order valence-electron chi connectivity index (χ4n) is 3.64. The molecule has 1 saturated heterocycles. The van der Waals surface area contributed by atoms with Gasteiger partial charge in [-0.25, -0.2) is 13.2 Å². The molecule has 1 aromatic heterocycles. The Bertz CT molecular complexity index is 1430. The number of halogens is 3. The van der Waals surface area contributed by atoms with Gasteiger partial charge < -0.3 is 25.7 Å². The lowest BCUT2D eigenvalue weighted by atomic mass is 10.1.